The molecule has 1 aromatic carbocycles. The lowest BCUT2D eigenvalue weighted by Crippen LogP contribution is -2.35. The van der Waals surface area contributed by atoms with E-state index >= 15 is 0 Å². The summed E-state index contributed by atoms with van der Waals surface area (Å²) in [5.41, 5.74) is 2.65. The molecular weight excluding hydrogens is 292 g/mol. The molecule has 2 aliphatic rings. The molecule has 0 unspecified atom stereocenters. The molecule has 1 aliphatic heterocycles. The first kappa shape index (κ1) is 15.9. The minimum Gasteiger partial charge on any atom is -0.371 e. The molecule has 3 nitrogen and oxygen atoms in total. The molecule has 0 atom stereocenters. The van der Waals surface area contributed by atoms with Gasteiger partial charge in [0.15, 0.2) is 6.29 Å². The predicted octanol–water partition coefficient (Wildman–Crippen LogP) is 4.27. The molecular formula is C18H26N2OS. The Morgan fingerprint density at radius 3 is 2.41 bits per heavy atom. The second-order valence-corrected chi connectivity index (χ2v) is 8.66. The Balaban J connectivity index is 1.74. The molecule has 2 fully saturated rings. The molecule has 0 amide bonds. The third kappa shape index (κ3) is 3.66. The van der Waals surface area contributed by atoms with E-state index in [0.29, 0.717) is 5.41 Å². The summed E-state index contributed by atoms with van der Waals surface area (Å²) in [5, 5.41) is 0. The van der Waals surface area contributed by atoms with Crippen LogP contribution in [0.5, 0.6) is 0 Å². The Hall–Kier alpha value is -1.00. The normalized spacial score (nSPS) is 20.2. The minimum absolute atomic E-state index is 0.0671. The maximum Gasteiger partial charge on any atom is 0.152 e. The predicted molar refractivity (Wildman–Crippen MR) is 93.7 cm³/mol. The summed E-state index contributed by atoms with van der Waals surface area (Å²) < 4.78 is 3.44. The first-order valence-corrected chi connectivity index (χ1v) is 9.01. The molecule has 1 heterocycles. The molecule has 1 aliphatic carbocycles. The lowest BCUT2D eigenvalue weighted by molar-refractivity contribution is 0.112. The molecule has 1 N–H and O–H groups in total. The first-order valence-electron chi connectivity index (χ1n) is 8.19. The van der Waals surface area contributed by atoms with Gasteiger partial charge >= 0.3 is 0 Å². The Labute approximate surface area is 138 Å². The highest BCUT2D eigenvalue weighted by atomic mass is 32.2. The monoisotopic (exact) mass is 318 g/mol. The molecule has 0 aromatic heterocycles. The van der Waals surface area contributed by atoms with Gasteiger partial charge in [-0.05, 0) is 82.0 Å². The number of aldehydes is 1. The van der Waals surface area contributed by atoms with Crippen LogP contribution in [-0.4, -0.2) is 24.9 Å². The average molecular weight is 318 g/mol. The SMILES string of the molecule is CC(C)(C)NSc1ccc(C=O)c(N2CCC3(CC2)CC3)c1. The highest BCUT2D eigenvalue weighted by molar-refractivity contribution is 7.97. The van der Waals surface area contributed by atoms with Crippen molar-refractivity contribution in [3.63, 3.8) is 0 Å². The lowest BCUT2D eigenvalue weighted by atomic mass is 9.93. The Kier molecular flexibility index (Phi) is 4.25. The molecule has 1 aromatic rings. The van der Waals surface area contributed by atoms with Crippen molar-refractivity contribution >= 4 is 23.9 Å². The van der Waals surface area contributed by atoms with Gasteiger partial charge in [-0.15, -0.1) is 0 Å². The Morgan fingerprint density at radius 1 is 1.18 bits per heavy atom. The quantitative estimate of drug-likeness (QED) is 0.663. The summed E-state index contributed by atoms with van der Waals surface area (Å²) >= 11 is 1.64. The summed E-state index contributed by atoms with van der Waals surface area (Å²) in [6.45, 7) is 8.63. The van der Waals surface area contributed by atoms with E-state index in [4.69, 9.17) is 0 Å². The smallest absolute Gasteiger partial charge is 0.152 e. The number of carbonyl (C=O) groups is 1. The van der Waals surface area contributed by atoms with Crippen LogP contribution in [0.25, 0.3) is 0 Å². The van der Waals surface area contributed by atoms with Crippen molar-refractivity contribution in [2.75, 3.05) is 18.0 Å². The maximum atomic E-state index is 11.4. The standard InChI is InChI=1S/C18H26N2OS/c1-17(2,3)19-22-15-5-4-14(13-21)16(12-15)20-10-8-18(6-7-18)9-11-20/h4-5,12-13,19H,6-11H2,1-3H3. The second-order valence-electron chi connectivity index (χ2n) is 7.78. The van der Waals surface area contributed by atoms with Gasteiger partial charge in [-0.1, -0.05) is 0 Å². The third-order valence-electron chi connectivity index (χ3n) is 4.73. The van der Waals surface area contributed by atoms with E-state index in [2.05, 4.69) is 36.5 Å². The fourth-order valence-corrected chi connectivity index (χ4v) is 3.80. The van der Waals surface area contributed by atoms with E-state index in [1.807, 2.05) is 12.1 Å². The number of piperidine rings is 1. The van der Waals surface area contributed by atoms with Crippen molar-refractivity contribution in [2.45, 2.75) is 56.9 Å². The lowest BCUT2D eigenvalue weighted by Gasteiger charge is -2.34. The molecule has 120 valence electrons. The van der Waals surface area contributed by atoms with Gasteiger partial charge in [0.25, 0.3) is 0 Å². The van der Waals surface area contributed by atoms with Crippen LogP contribution in [-0.2, 0) is 0 Å². The van der Waals surface area contributed by atoms with Gasteiger partial charge in [0.05, 0.1) is 0 Å². The van der Waals surface area contributed by atoms with Crippen LogP contribution < -0.4 is 9.62 Å². The van der Waals surface area contributed by atoms with Crippen molar-refractivity contribution in [3.05, 3.63) is 23.8 Å². The highest BCUT2D eigenvalue weighted by Gasteiger charge is 2.44. The van der Waals surface area contributed by atoms with E-state index in [1.165, 1.54) is 30.6 Å². The van der Waals surface area contributed by atoms with Gasteiger partial charge in [-0.3, -0.25) is 9.52 Å². The van der Waals surface area contributed by atoms with E-state index in [-0.39, 0.29) is 5.54 Å². The van der Waals surface area contributed by atoms with E-state index < -0.39 is 0 Å². The third-order valence-corrected chi connectivity index (χ3v) is 5.93. The molecule has 1 spiro atoms. The van der Waals surface area contributed by atoms with E-state index in [0.717, 1.165) is 30.6 Å². The topological polar surface area (TPSA) is 32.3 Å². The molecule has 0 radical (unpaired) electrons. The fraction of sp³-hybridized carbons (Fsp3) is 0.611. The van der Waals surface area contributed by atoms with Crippen LogP contribution in [0.1, 0.15) is 56.8 Å². The second kappa shape index (κ2) is 5.89. The number of carbonyl (C=O) groups excluding carboxylic acids is 1. The molecule has 3 rings (SSSR count). The van der Waals surface area contributed by atoms with Crippen LogP contribution in [0.4, 0.5) is 5.69 Å². The number of nitrogens with zero attached hydrogens (tertiary/aromatic N) is 1. The minimum atomic E-state index is 0.0671. The highest BCUT2D eigenvalue weighted by Crippen LogP contribution is 2.54. The van der Waals surface area contributed by atoms with Crippen molar-refractivity contribution in [3.8, 4) is 0 Å². The number of rotatable bonds is 4. The molecule has 4 heteroatoms. The summed E-state index contributed by atoms with van der Waals surface area (Å²) in [7, 11) is 0. The molecule has 22 heavy (non-hydrogen) atoms. The average Bonchev–Trinajstić information content (AvgIpc) is 3.24. The zero-order valence-electron chi connectivity index (χ0n) is 13.8. The largest absolute Gasteiger partial charge is 0.371 e. The van der Waals surface area contributed by atoms with Crippen LogP contribution in [0.15, 0.2) is 23.1 Å². The van der Waals surface area contributed by atoms with Gasteiger partial charge in [0.1, 0.15) is 0 Å². The van der Waals surface area contributed by atoms with Crippen molar-refractivity contribution in [1.82, 2.24) is 4.72 Å². The summed E-state index contributed by atoms with van der Waals surface area (Å²) in [6, 6.07) is 6.15. The van der Waals surface area contributed by atoms with Gasteiger partial charge in [0.2, 0.25) is 0 Å². The Morgan fingerprint density at radius 2 is 1.86 bits per heavy atom. The zero-order chi connectivity index (χ0) is 15.8. The zero-order valence-corrected chi connectivity index (χ0v) is 14.6. The van der Waals surface area contributed by atoms with Crippen molar-refractivity contribution in [2.24, 2.45) is 5.41 Å². The number of benzene rings is 1. The number of nitrogens with one attached hydrogen (secondary N) is 1. The number of anilines is 1. The number of hydrogen-bond donors (Lipinski definition) is 1. The molecule has 1 saturated carbocycles. The van der Waals surface area contributed by atoms with Crippen LogP contribution in [0.2, 0.25) is 0 Å². The van der Waals surface area contributed by atoms with Crippen LogP contribution in [0.3, 0.4) is 0 Å². The first-order chi connectivity index (χ1) is 10.4. The Bertz CT molecular complexity index is 551. The summed E-state index contributed by atoms with van der Waals surface area (Å²) in [4.78, 5) is 15.0. The van der Waals surface area contributed by atoms with Gasteiger partial charge in [-0.2, -0.15) is 0 Å². The van der Waals surface area contributed by atoms with Gasteiger partial charge in [0, 0.05) is 34.8 Å². The summed E-state index contributed by atoms with van der Waals surface area (Å²) in [6.07, 6.45) is 6.37. The van der Waals surface area contributed by atoms with Gasteiger partial charge < -0.3 is 4.90 Å². The van der Waals surface area contributed by atoms with Crippen molar-refractivity contribution in [1.29, 1.82) is 0 Å². The van der Waals surface area contributed by atoms with Crippen LogP contribution >= 0.6 is 11.9 Å². The fourth-order valence-electron chi connectivity index (χ4n) is 3.07. The summed E-state index contributed by atoms with van der Waals surface area (Å²) in [5.74, 6) is 0. The van der Waals surface area contributed by atoms with Gasteiger partial charge in [-0.25, -0.2) is 0 Å². The van der Waals surface area contributed by atoms with Crippen molar-refractivity contribution < 1.29 is 4.79 Å². The number of hydrogen-bond acceptors (Lipinski definition) is 4. The maximum absolute atomic E-state index is 11.4. The van der Waals surface area contributed by atoms with E-state index in [1.54, 1.807) is 11.9 Å². The van der Waals surface area contributed by atoms with Crippen LogP contribution in [0, 0.1) is 5.41 Å². The molecule has 0 bridgehead atoms. The molecule has 1 saturated heterocycles. The van der Waals surface area contributed by atoms with E-state index in [9.17, 15) is 4.79 Å².